The van der Waals surface area contributed by atoms with Crippen LogP contribution in [0.4, 0.5) is 26.3 Å². The number of nitrogens with two attached hydrogens (primary N) is 1. The monoisotopic (exact) mass is 1400 g/mol. The summed E-state index contributed by atoms with van der Waals surface area (Å²) in [5.41, 5.74) is 0.498. The first kappa shape index (κ1) is 58.9. The van der Waals surface area contributed by atoms with Gasteiger partial charge in [-0.05, 0) is 44.4 Å². The summed E-state index contributed by atoms with van der Waals surface area (Å²) in [6.07, 6.45) is -5.74. The van der Waals surface area contributed by atoms with Crippen LogP contribution in [0.15, 0.2) is 71.0 Å². The maximum atomic E-state index is 12.5. The van der Waals surface area contributed by atoms with Gasteiger partial charge >= 0.3 is 18.3 Å². The number of carboxylic acid groups (broad SMARTS) is 1. The molecule has 0 aromatic carbocycles. The number of aromatic carboxylic acids is 1. The van der Waals surface area contributed by atoms with Gasteiger partial charge < -0.3 is 14.6 Å². The number of aromatic nitrogens is 10. The Kier molecular flexibility index (Phi) is 22.8. The van der Waals surface area contributed by atoms with Gasteiger partial charge in [0.2, 0.25) is 21.8 Å². The van der Waals surface area contributed by atoms with E-state index >= 15 is 0 Å². The Balaban J connectivity index is 0.000000557. The Hall–Kier alpha value is -4.45. The van der Waals surface area contributed by atoms with Crippen LogP contribution in [0.1, 0.15) is 46.3 Å². The smallest absolute Gasteiger partial charge is 0.392 e. The summed E-state index contributed by atoms with van der Waals surface area (Å²) in [5.74, 6) is -1.96. The van der Waals surface area contributed by atoms with Crippen LogP contribution in [0.2, 0.25) is 10.3 Å². The van der Waals surface area contributed by atoms with Crippen LogP contribution in [0, 0.1) is 45.0 Å². The fourth-order valence-electron chi connectivity index (χ4n) is 4.73. The standard InChI is InChI=1S/C17H16ClF3N6O4S.C12H9ClF3N3O3.C5H9N3O2S.CH3I.BH.U/c1-10-12(9-22-26(10)2)32(29,30)25-16(28)11-3-4-13(23-15(11)18)27-7-5-14(24-27)31-8-6-17(19,20)21;13-10-7(11(20)21)1-2-8(17-10)19-5-3-9(18-19)22-6-4-12(14,15)16;1-4-5(11(6,9)10)3-7-8(4)2;1-2;;/h3-5,7,9H,6,8H2,1-2H3,(H,25,28);1-3,5H,4,6H2,(H,20,21);3H,1-2H3,(H2,6,9,10);1H3;1H;/i;;;2*1D;. The maximum Gasteiger partial charge on any atom is 0.392 e. The SMILES string of the molecule is Cc1c(S(=O)(=O)NC(=O)c2ccc(-n3ccc(OCCC(F)(F)F)n3)nc2Cl)cnn1C.Cc1c(S(N)(=O)=O)cnn1C.O=C(O)c1ccc(-n2ccc(OCCC(F)(F)F)n2)nc1Cl.[2H]CI.[2H][B].[U]. The quantitative estimate of drug-likeness (QED) is 0.0444. The summed E-state index contributed by atoms with van der Waals surface area (Å²) < 4.78 is 147. The number of hydrogen-bond donors (Lipinski definition) is 3. The zero-order chi connectivity index (χ0) is 53.4. The second-order valence-electron chi connectivity index (χ2n) is 12.9. The number of aryl methyl sites for hydroxylation is 2. The summed E-state index contributed by atoms with van der Waals surface area (Å²) in [6.45, 7) is 2.03. The number of primary sulfonamides is 1. The molecule has 6 rings (SSSR count). The van der Waals surface area contributed by atoms with Crippen molar-refractivity contribution in [2.45, 2.75) is 48.8 Å². The molecule has 2 radical (unpaired) electrons. The van der Waals surface area contributed by atoms with Crippen molar-refractivity contribution >= 4 is 86.1 Å². The molecule has 0 atom stereocenters. The summed E-state index contributed by atoms with van der Waals surface area (Å²) in [5, 5.41) is 28.6. The zero-order valence-electron chi connectivity index (χ0n) is 37.9. The number of rotatable bonds is 13. The second-order valence-corrected chi connectivity index (χ2v) is 16.8. The predicted octanol–water partition coefficient (Wildman–Crippen LogP) is 5.14. The molecule has 69 heavy (non-hydrogen) atoms. The van der Waals surface area contributed by atoms with Crippen molar-refractivity contribution in [3.8, 4) is 23.4 Å². The minimum Gasteiger partial charge on any atom is -0.478 e. The van der Waals surface area contributed by atoms with Gasteiger partial charge in [0, 0.05) is 79.5 Å². The van der Waals surface area contributed by atoms with Gasteiger partial charge in [-0.3, -0.25) is 14.2 Å². The summed E-state index contributed by atoms with van der Waals surface area (Å²) in [4.78, 5) is 31.5. The number of carboxylic acids is 1. The fraction of sp³-hybridized carbons (Fsp3) is 0.314. The molecule has 0 spiro atoms. The summed E-state index contributed by atoms with van der Waals surface area (Å²) >= 11 is 13.7. The molecule has 6 aromatic heterocycles. The summed E-state index contributed by atoms with van der Waals surface area (Å²) in [7, 11) is -0.832. The van der Waals surface area contributed by atoms with Gasteiger partial charge in [0.25, 0.3) is 15.9 Å². The average Bonchev–Trinajstić information content (AvgIpc) is 4.07. The number of nitrogens with one attached hydrogen (secondary N) is 1. The largest absolute Gasteiger partial charge is 0.478 e. The van der Waals surface area contributed by atoms with Crippen molar-refractivity contribution < 1.29 is 99.8 Å². The molecule has 0 aliphatic rings. The van der Waals surface area contributed by atoms with Crippen molar-refractivity contribution in [3.63, 3.8) is 0 Å². The minimum atomic E-state index is -4.35. The van der Waals surface area contributed by atoms with Crippen molar-refractivity contribution in [1.29, 1.82) is 1.34 Å². The molecule has 6 aromatic rings. The third kappa shape index (κ3) is 19.0. The molecule has 21 nitrogen and oxygen atoms in total. The van der Waals surface area contributed by atoms with E-state index in [2.05, 4.69) is 38.7 Å². The number of ether oxygens (including phenoxy) is 2. The molecular formula is C35H38BCl2F6IN12O9S2U. The normalized spacial score (nSPS) is 11.5. The van der Waals surface area contributed by atoms with E-state index in [1.165, 1.54) is 80.6 Å². The Labute approximate surface area is 441 Å². The van der Waals surface area contributed by atoms with Gasteiger partial charge in [0.05, 0.1) is 61.0 Å². The number of alkyl halides is 7. The topological polar surface area (TPSA) is 276 Å². The molecule has 6 heterocycles. The van der Waals surface area contributed by atoms with Crippen LogP contribution < -0.4 is 19.3 Å². The summed E-state index contributed by atoms with van der Waals surface area (Å²) in [6, 6.07) is 7.86. The van der Waals surface area contributed by atoms with E-state index in [-0.39, 0.29) is 85.7 Å². The fourth-order valence-corrected chi connectivity index (χ4v) is 7.11. The van der Waals surface area contributed by atoms with Gasteiger partial charge in [0.1, 0.15) is 20.1 Å². The third-order valence-electron chi connectivity index (χ3n) is 8.22. The van der Waals surface area contributed by atoms with E-state index in [0.717, 1.165) is 6.20 Å². The average molecular weight is 1400 g/mol. The molecule has 0 fully saturated rings. The Morgan fingerprint density at radius 2 is 1.19 bits per heavy atom. The van der Waals surface area contributed by atoms with Crippen LogP contribution in [-0.4, -0.2) is 123 Å². The van der Waals surface area contributed by atoms with Gasteiger partial charge in [-0.1, -0.05) is 45.8 Å². The maximum absolute atomic E-state index is 12.5. The van der Waals surface area contributed by atoms with Gasteiger partial charge in [0.15, 0.2) is 11.6 Å². The number of carbonyl (C=O) groups excluding carboxylic acids is 1. The van der Waals surface area contributed by atoms with E-state index in [0.29, 0.717) is 16.3 Å². The molecule has 374 valence electrons. The molecule has 4 N–H and O–H groups in total. The van der Waals surface area contributed by atoms with Crippen LogP contribution in [0.25, 0.3) is 11.6 Å². The van der Waals surface area contributed by atoms with E-state index < -0.39 is 70.3 Å². The number of sulfonamides is 2. The van der Waals surface area contributed by atoms with E-state index in [1.54, 1.807) is 21.0 Å². The van der Waals surface area contributed by atoms with Crippen LogP contribution in [0.3, 0.4) is 0 Å². The van der Waals surface area contributed by atoms with Crippen molar-refractivity contribution in [1.82, 2.24) is 53.8 Å². The number of halogens is 9. The molecule has 0 aliphatic heterocycles. The van der Waals surface area contributed by atoms with E-state index in [9.17, 15) is 52.8 Å². The molecule has 0 aliphatic carbocycles. The number of nitrogens with zero attached hydrogens (tertiary/aromatic N) is 10. The van der Waals surface area contributed by atoms with Crippen LogP contribution in [0.5, 0.6) is 11.8 Å². The van der Waals surface area contributed by atoms with Crippen LogP contribution in [-0.2, 0) is 34.1 Å². The number of pyridine rings is 2. The number of hydrogen-bond acceptors (Lipinski definition) is 14. The first-order valence-corrected chi connectivity index (χ1v) is 23.3. The van der Waals surface area contributed by atoms with Crippen molar-refractivity contribution in [3.05, 3.63) is 94.0 Å². The van der Waals surface area contributed by atoms with E-state index in [4.69, 9.17) is 45.6 Å². The van der Waals surface area contributed by atoms with E-state index in [1.807, 2.05) is 27.3 Å². The molecule has 0 saturated heterocycles. The van der Waals surface area contributed by atoms with Gasteiger partial charge in [-0.25, -0.2) is 50.8 Å². The van der Waals surface area contributed by atoms with Crippen molar-refractivity contribution in [2.24, 2.45) is 19.2 Å². The Morgan fingerprint density at radius 1 is 0.797 bits per heavy atom. The molecule has 1 amide bonds. The first-order valence-electron chi connectivity index (χ1n) is 19.3. The third-order valence-corrected chi connectivity index (χ3v) is 11.2. The molecule has 0 saturated carbocycles. The number of carbonyl (C=O) groups is 2. The van der Waals surface area contributed by atoms with Gasteiger partial charge in [-0.15, -0.1) is 10.2 Å². The zero-order valence-corrected chi connectivity index (χ0v) is 45.3. The van der Waals surface area contributed by atoms with Crippen LogP contribution >= 0.6 is 45.8 Å². The van der Waals surface area contributed by atoms with Gasteiger partial charge in [-0.2, -0.15) is 36.5 Å². The molecular weight excluding hydrogens is 1360 g/mol. The Bertz CT molecular complexity index is 2940. The second kappa shape index (κ2) is 26.7. The minimum absolute atomic E-state index is 0. The molecule has 34 heteroatoms. The Morgan fingerprint density at radius 3 is 1.51 bits per heavy atom. The molecule has 0 bridgehead atoms. The first-order chi connectivity index (χ1) is 32.5. The molecule has 0 unspecified atom stereocenters. The van der Waals surface area contributed by atoms with Crippen molar-refractivity contribution in [2.75, 3.05) is 18.1 Å². The predicted molar refractivity (Wildman–Crippen MR) is 241 cm³/mol. The number of amides is 1.